The summed E-state index contributed by atoms with van der Waals surface area (Å²) in [5.74, 6) is 0. The van der Waals surface area contributed by atoms with Crippen molar-refractivity contribution in [3.8, 4) is 22.3 Å². The third kappa shape index (κ3) is 4.05. The van der Waals surface area contributed by atoms with E-state index in [0.717, 1.165) is 0 Å². The number of allylic oxidation sites excluding steroid dienone is 2. The maximum absolute atomic E-state index is 8.40. The second kappa shape index (κ2) is 10.2. The molecule has 0 amide bonds. The molecule has 5 aromatic rings. The van der Waals surface area contributed by atoms with Crippen molar-refractivity contribution in [1.82, 2.24) is 0 Å². The molecule has 2 aliphatic carbocycles. The summed E-state index contributed by atoms with van der Waals surface area (Å²) >= 11 is -4.46. The van der Waals surface area contributed by atoms with Crippen molar-refractivity contribution in [1.29, 1.82) is 0 Å². The molecular formula is C38H34Cl2SiTi. The second-order valence-electron chi connectivity index (χ2n) is 12.3. The number of hydrogen-bond acceptors (Lipinski definition) is 0. The molecular weight excluding hydrogens is 603 g/mol. The normalized spacial score (nSPS) is 18.0. The summed E-state index contributed by atoms with van der Waals surface area (Å²) in [5.41, 5.74) is 12.8. The van der Waals surface area contributed by atoms with Crippen molar-refractivity contribution in [3.63, 3.8) is 0 Å². The third-order valence-corrected chi connectivity index (χ3v) is 41.6. The predicted octanol–water partition coefficient (Wildman–Crippen LogP) is 12.0. The third-order valence-electron chi connectivity index (χ3n) is 9.73. The SMILES string of the molecule is CC1=Cc2c(-c3ccccc3)cccc2[CH]1[Ti]([Cl])([Cl])([CH]1C(C)=Cc2c(-c3cccc4ccccc34)cccc21)=[Si](C)C. The average molecular weight is 638 g/mol. The van der Waals surface area contributed by atoms with Crippen LogP contribution in [0.2, 0.25) is 13.1 Å². The van der Waals surface area contributed by atoms with Crippen molar-refractivity contribution in [3.05, 3.63) is 143 Å². The van der Waals surface area contributed by atoms with Gasteiger partial charge in [-0.15, -0.1) is 0 Å². The van der Waals surface area contributed by atoms with Gasteiger partial charge < -0.3 is 0 Å². The van der Waals surface area contributed by atoms with Crippen LogP contribution in [0.3, 0.4) is 0 Å². The van der Waals surface area contributed by atoms with Gasteiger partial charge in [0.1, 0.15) is 0 Å². The van der Waals surface area contributed by atoms with Gasteiger partial charge in [0.05, 0.1) is 0 Å². The van der Waals surface area contributed by atoms with E-state index in [1.165, 1.54) is 66.4 Å². The summed E-state index contributed by atoms with van der Waals surface area (Å²) in [4.78, 5) is 0. The van der Waals surface area contributed by atoms with Crippen LogP contribution < -0.4 is 0 Å². The van der Waals surface area contributed by atoms with Crippen molar-refractivity contribution >= 4 is 47.7 Å². The van der Waals surface area contributed by atoms with E-state index in [1.807, 2.05) is 0 Å². The minimum absolute atomic E-state index is 0.0545. The van der Waals surface area contributed by atoms with Crippen LogP contribution in [0.15, 0.2) is 120 Å². The fourth-order valence-electron chi connectivity index (χ4n) is 7.82. The van der Waals surface area contributed by atoms with Gasteiger partial charge in [-0.2, -0.15) is 0 Å². The van der Waals surface area contributed by atoms with Crippen LogP contribution in [-0.4, -0.2) is 6.19 Å². The molecule has 0 bridgehead atoms. The number of hydrogen-bond donors (Lipinski definition) is 0. The Labute approximate surface area is 258 Å². The molecule has 0 radical (unpaired) electrons. The van der Waals surface area contributed by atoms with E-state index < -0.39 is 18.1 Å². The first-order valence-electron chi connectivity index (χ1n) is 14.7. The van der Waals surface area contributed by atoms with Gasteiger partial charge in [0.2, 0.25) is 0 Å². The van der Waals surface area contributed by atoms with E-state index in [2.05, 4.69) is 148 Å². The molecule has 42 heavy (non-hydrogen) atoms. The van der Waals surface area contributed by atoms with Gasteiger partial charge in [0, 0.05) is 0 Å². The van der Waals surface area contributed by atoms with Crippen LogP contribution in [0.5, 0.6) is 0 Å². The molecule has 208 valence electrons. The minimum atomic E-state index is -4.46. The summed E-state index contributed by atoms with van der Waals surface area (Å²) in [5, 5.41) is 2.53. The van der Waals surface area contributed by atoms with Gasteiger partial charge in [0.15, 0.2) is 0 Å². The molecule has 2 atom stereocenters. The van der Waals surface area contributed by atoms with Crippen molar-refractivity contribution in [2.24, 2.45) is 0 Å². The number of halogens is 2. The van der Waals surface area contributed by atoms with Gasteiger partial charge in [-0.3, -0.25) is 0 Å². The Hall–Kier alpha value is -2.65. The molecule has 0 heterocycles. The molecule has 4 heteroatoms. The summed E-state index contributed by atoms with van der Waals surface area (Å²) in [6.45, 7) is 9.27. The van der Waals surface area contributed by atoms with Gasteiger partial charge in [0.25, 0.3) is 0 Å². The van der Waals surface area contributed by atoms with Gasteiger partial charge in [-0.25, -0.2) is 0 Å². The zero-order chi connectivity index (χ0) is 29.2. The summed E-state index contributed by atoms with van der Waals surface area (Å²) in [7, 11) is 16.8. The first-order chi connectivity index (χ1) is 20.2. The molecule has 0 aromatic heterocycles. The summed E-state index contributed by atoms with van der Waals surface area (Å²) in [6, 6.07) is 39.5. The van der Waals surface area contributed by atoms with Gasteiger partial charge >= 0.3 is 260 Å². The van der Waals surface area contributed by atoms with Crippen molar-refractivity contribution in [2.75, 3.05) is 0 Å². The Morgan fingerprint density at radius 1 is 0.548 bits per heavy atom. The number of benzene rings is 5. The monoisotopic (exact) mass is 636 g/mol. The fourth-order valence-corrected chi connectivity index (χ4v) is 28.3. The zero-order valence-electron chi connectivity index (χ0n) is 24.5. The molecule has 0 saturated carbocycles. The first kappa shape index (κ1) is 28.1. The number of fused-ring (bicyclic) bond motifs is 3. The Morgan fingerprint density at radius 3 is 1.69 bits per heavy atom. The molecule has 0 fully saturated rings. The molecule has 2 unspecified atom stereocenters. The van der Waals surface area contributed by atoms with Gasteiger partial charge in [-0.1, -0.05) is 0 Å². The molecule has 7 rings (SSSR count). The van der Waals surface area contributed by atoms with Crippen LogP contribution in [-0.2, 0) is 11.9 Å². The van der Waals surface area contributed by atoms with E-state index in [0.29, 0.717) is 0 Å². The van der Waals surface area contributed by atoms with E-state index in [1.54, 1.807) is 0 Å². The van der Waals surface area contributed by atoms with Crippen molar-refractivity contribution in [2.45, 2.75) is 35.4 Å². The summed E-state index contributed by atoms with van der Waals surface area (Å²) in [6.07, 6.45) is 3.64. The molecule has 0 spiro atoms. The summed E-state index contributed by atoms with van der Waals surface area (Å²) < 4.78 is 0.118. The first-order valence-corrected chi connectivity index (χ1v) is 25.7. The number of rotatable bonds is 4. The van der Waals surface area contributed by atoms with E-state index in [4.69, 9.17) is 18.6 Å². The second-order valence-corrected chi connectivity index (χ2v) is 39.0. The average Bonchev–Trinajstić information content (AvgIpc) is 3.53. The topological polar surface area (TPSA) is 0 Å². The Morgan fingerprint density at radius 2 is 1.05 bits per heavy atom. The Bertz CT molecular complexity index is 2040. The molecule has 2 aliphatic rings. The van der Waals surface area contributed by atoms with Crippen LogP contribution in [0, 0.1) is 0 Å². The van der Waals surface area contributed by atoms with Crippen molar-refractivity contribution < 1.29 is 11.9 Å². The molecule has 0 nitrogen and oxygen atoms in total. The fraction of sp³-hybridized carbons (Fsp3) is 0.158. The molecule has 5 aromatic carbocycles. The van der Waals surface area contributed by atoms with Crippen LogP contribution in [0.4, 0.5) is 0 Å². The van der Waals surface area contributed by atoms with E-state index in [-0.39, 0.29) is 8.45 Å². The van der Waals surface area contributed by atoms with Crippen LogP contribution in [0.25, 0.3) is 45.2 Å². The molecule has 0 saturated heterocycles. The predicted molar refractivity (Wildman–Crippen MR) is 183 cm³/mol. The van der Waals surface area contributed by atoms with E-state index >= 15 is 0 Å². The Balaban J connectivity index is 1.45. The Kier molecular flexibility index (Phi) is 6.85. The molecule has 0 aliphatic heterocycles. The van der Waals surface area contributed by atoms with Crippen LogP contribution in [0.1, 0.15) is 44.5 Å². The molecule has 0 N–H and O–H groups in total. The standard InChI is InChI=1S/C20H15.C16H13.C2H6Si.2ClH.Ti/c1-14-12-16-8-5-11-19(20(16)13-14)18-10-4-7-15-6-2-3-9-17(15)18;1-12-10-14-8-5-9-15(16(14)11-12)13-6-3-2-4-7-13;1-3-2;;;/h2-13H,1H3;2-11H,1H3;1-2H3;2*1H;/q;;;;;+2/p-2. The van der Waals surface area contributed by atoms with Gasteiger partial charge in [-0.05, 0) is 0 Å². The quantitative estimate of drug-likeness (QED) is 0.172. The maximum atomic E-state index is 8.40. The van der Waals surface area contributed by atoms with E-state index in [9.17, 15) is 0 Å². The van der Waals surface area contributed by atoms with Crippen LogP contribution >= 0.6 is 18.6 Å². The zero-order valence-corrected chi connectivity index (χ0v) is 28.5.